The molecule has 4 rings (SSSR count). The van der Waals surface area contributed by atoms with Gasteiger partial charge in [-0.1, -0.05) is 68.4 Å². The van der Waals surface area contributed by atoms with Crippen LogP contribution in [0.1, 0.15) is 30.9 Å². The topological polar surface area (TPSA) is 64.0 Å². The molecule has 148 valence electrons. The maximum absolute atomic E-state index is 12.7. The van der Waals surface area contributed by atoms with E-state index in [0.29, 0.717) is 18.3 Å². The van der Waals surface area contributed by atoms with Crippen molar-refractivity contribution in [2.45, 2.75) is 31.2 Å². The number of rotatable bonds is 6. The van der Waals surface area contributed by atoms with Crippen molar-refractivity contribution in [3.8, 4) is 0 Å². The second-order valence-corrected chi connectivity index (χ2v) is 9.05. The van der Waals surface area contributed by atoms with Crippen LogP contribution in [0.25, 0.3) is 10.8 Å². The van der Waals surface area contributed by atoms with E-state index in [1.165, 1.54) is 5.39 Å². The van der Waals surface area contributed by atoms with Crippen molar-refractivity contribution >= 4 is 26.6 Å². The first-order chi connectivity index (χ1) is 13.9. The molecule has 3 aromatic carbocycles. The van der Waals surface area contributed by atoms with E-state index in [-0.39, 0.29) is 4.90 Å². The molecule has 1 N–H and O–H groups in total. The third-order valence-electron chi connectivity index (χ3n) is 4.95. The largest absolute Gasteiger partial charge is 0.266 e. The Labute approximate surface area is 171 Å². The van der Waals surface area contributed by atoms with Crippen LogP contribution in [0.2, 0.25) is 0 Å². The predicted molar refractivity (Wildman–Crippen MR) is 117 cm³/mol. The molecule has 0 atom stereocenters. The van der Waals surface area contributed by atoms with Crippen LogP contribution in [0.3, 0.4) is 0 Å². The third kappa shape index (κ3) is 4.17. The van der Waals surface area contributed by atoms with Crippen LogP contribution >= 0.6 is 0 Å². The van der Waals surface area contributed by atoms with E-state index in [1.54, 1.807) is 29.1 Å². The molecule has 0 saturated heterocycles. The van der Waals surface area contributed by atoms with Crippen molar-refractivity contribution in [3.05, 3.63) is 90.1 Å². The van der Waals surface area contributed by atoms with Gasteiger partial charge in [0.15, 0.2) is 5.82 Å². The molecular formula is C23H23N3O2S. The van der Waals surface area contributed by atoms with Crippen molar-refractivity contribution in [1.29, 1.82) is 0 Å². The SMILES string of the molecule is CC(C)c1ccc(S(=O)(=O)Nc2ccn(Cc3cccc4ccccc34)n2)cc1. The minimum atomic E-state index is -3.68. The summed E-state index contributed by atoms with van der Waals surface area (Å²) >= 11 is 0. The number of hydrogen-bond donors (Lipinski definition) is 1. The minimum Gasteiger partial charge on any atom is -0.266 e. The van der Waals surface area contributed by atoms with Gasteiger partial charge in [-0.15, -0.1) is 0 Å². The molecule has 0 unspecified atom stereocenters. The fourth-order valence-corrected chi connectivity index (χ4v) is 4.33. The number of fused-ring (bicyclic) bond motifs is 1. The molecule has 0 spiro atoms. The molecule has 0 amide bonds. The molecule has 0 bridgehead atoms. The van der Waals surface area contributed by atoms with Gasteiger partial charge in [0.05, 0.1) is 11.4 Å². The molecule has 6 heteroatoms. The highest BCUT2D eigenvalue weighted by Gasteiger charge is 2.16. The Morgan fingerprint density at radius 1 is 0.931 bits per heavy atom. The predicted octanol–water partition coefficient (Wildman–Crippen LogP) is 5.01. The van der Waals surface area contributed by atoms with Gasteiger partial charge in [-0.3, -0.25) is 9.40 Å². The maximum Gasteiger partial charge on any atom is 0.263 e. The van der Waals surface area contributed by atoms with Crippen LogP contribution in [0.4, 0.5) is 5.82 Å². The summed E-state index contributed by atoms with van der Waals surface area (Å²) in [5.74, 6) is 0.655. The molecular weight excluding hydrogens is 382 g/mol. The molecule has 0 saturated carbocycles. The Balaban J connectivity index is 1.53. The zero-order valence-electron chi connectivity index (χ0n) is 16.4. The molecule has 0 aliphatic heterocycles. The fourth-order valence-electron chi connectivity index (χ4n) is 3.34. The van der Waals surface area contributed by atoms with E-state index in [2.05, 4.69) is 47.9 Å². The van der Waals surface area contributed by atoms with Gasteiger partial charge >= 0.3 is 0 Å². The van der Waals surface area contributed by atoms with Gasteiger partial charge in [0, 0.05) is 12.3 Å². The number of aromatic nitrogens is 2. The van der Waals surface area contributed by atoms with Crippen LogP contribution in [0, 0.1) is 0 Å². The number of benzene rings is 3. The summed E-state index contributed by atoms with van der Waals surface area (Å²) in [6, 6.07) is 23.0. The molecule has 1 heterocycles. The fraction of sp³-hybridized carbons (Fsp3) is 0.174. The quantitative estimate of drug-likeness (QED) is 0.490. The van der Waals surface area contributed by atoms with Crippen molar-refractivity contribution in [1.82, 2.24) is 9.78 Å². The van der Waals surface area contributed by atoms with Gasteiger partial charge < -0.3 is 0 Å². The second kappa shape index (κ2) is 7.72. The normalized spacial score (nSPS) is 11.8. The van der Waals surface area contributed by atoms with Gasteiger partial charge in [-0.25, -0.2) is 8.42 Å². The lowest BCUT2D eigenvalue weighted by Crippen LogP contribution is -2.14. The van der Waals surface area contributed by atoms with Gasteiger partial charge in [-0.05, 0) is 39.9 Å². The summed E-state index contributed by atoms with van der Waals surface area (Å²) < 4.78 is 29.6. The van der Waals surface area contributed by atoms with E-state index in [0.717, 1.165) is 16.5 Å². The summed E-state index contributed by atoms with van der Waals surface area (Å²) in [7, 11) is -3.68. The molecule has 29 heavy (non-hydrogen) atoms. The summed E-state index contributed by atoms with van der Waals surface area (Å²) in [5.41, 5.74) is 2.23. The number of nitrogens with zero attached hydrogens (tertiary/aromatic N) is 2. The van der Waals surface area contributed by atoms with Gasteiger partial charge in [0.2, 0.25) is 0 Å². The van der Waals surface area contributed by atoms with Gasteiger partial charge in [0.25, 0.3) is 10.0 Å². The first-order valence-corrected chi connectivity index (χ1v) is 11.0. The monoisotopic (exact) mass is 405 g/mol. The van der Waals surface area contributed by atoms with E-state index >= 15 is 0 Å². The lowest BCUT2D eigenvalue weighted by Gasteiger charge is -2.09. The molecule has 0 fully saturated rings. The summed E-state index contributed by atoms with van der Waals surface area (Å²) in [6.45, 7) is 4.71. The molecule has 1 aromatic heterocycles. The van der Waals surface area contributed by atoms with E-state index in [1.807, 2.05) is 30.3 Å². The zero-order valence-corrected chi connectivity index (χ0v) is 17.2. The van der Waals surface area contributed by atoms with Crippen molar-refractivity contribution in [2.75, 3.05) is 4.72 Å². The average molecular weight is 406 g/mol. The van der Waals surface area contributed by atoms with Crippen molar-refractivity contribution in [3.63, 3.8) is 0 Å². The lowest BCUT2D eigenvalue weighted by atomic mass is 10.0. The Bertz CT molecular complexity index is 1240. The standard InChI is InChI=1S/C23H23N3O2S/c1-17(2)18-10-12-21(13-11-18)29(27,28)25-23-14-15-26(24-23)16-20-8-5-7-19-6-3-4-9-22(19)20/h3-15,17H,16H2,1-2H3,(H,24,25). The molecule has 0 radical (unpaired) electrons. The first kappa shape index (κ1) is 19.2. The molecule has 5 nitrogen and oxygen atoms in total. The molecule has 0 aliphatic carbocycles. The second-order valence-electron chi connectivity index (χ2n) is 7.37. The van der Waals surface area contributed by atoms with Gasteiger partial charge in [-0.2, -0.15) is 5.10 Å². The Hall–Kier alpha value is -3.12. The third-order valence-corrected chi connectivity index (χ3v) is 6.32. The van der Waals surface area contributed by atoms with E-state index in [9.17, 15) is 8.42 Å². The lowest BCUT2D eigenvalue weighted by molar-refractivity contribution is 0.600. The van der Waals surface area contributed by atoms with Crippen LogP contribution in [0.15, 0.2) is 83.9 Å². The van der Waals surface area contributed by atoms with E-state index < -0.39 is 10.0 Å². The minimum absolute atomic E-state index is 0.227. The average Bonchev–Trinajstić information content (AvgIpc) is 3.14. The highest BCUT2D eigenvalue weighted by Crippen LogP contribution is 2.21. The molecule has 0 aliphatic rings. The van der Waals surface area contributed by atoms with Crippen LogP contribution in [0.5, 0.6) is 0 Å². The number of nitrogens with one attached hydrogen (secondary N) is 1. The summed E-state index contributed by atoms with van der Waals surface area (Å²) in [5, 5.41) is 6.73. The van der Waals surface area contributed by atoms with E-state index in [4.69, 9.17) is 0 Å². The Morgan fingerprint density at radius 3 is 2.41 bits per heavy atom. The Kier molecular flexibility index (Phi) is 5.11. The maximum atomic E-state index is 12.7. The summed E-state index contributed by atoms with van der Waals surface area (Å²) in [6.07, 6.45) is 1.78. The highest BCUT2D eigenvalue weighted by molar-refractivity contribution is 7.92. The zero-order chi connectivity index (χ0) is 20.4. The van der Waals surface area contributed by atoms with Crippen LogP contribution in [-0.2, 0) is 16.6 Å². The summed E-state index contributed by atoms with van der Waals surface area (Å²) in [4.78, 5) is 0.227. The smallest absolute Gasteiger partial charge is 0.263 e. The van der Waals surface area contributed by atoms with Gasteiger partial charge in [0.1, 0.15) is 0 Å². The Morgan fingerprint density at radius 2 is 1.66 bits per heavy atom. The highest BCUT2D eigenvalue weighted by atomic mass is 32.2. The van der Waals surface area contributed by atoms with Crippen LogP contribution in [-0.4, -0.2) is 18.2 Å². The van der Waals surface area contributed by atoms with Crippen LogP contribution < -0.4 is 4.72 Å². The number of hydrogen-bond acceptors (Lipinski definition) is 3. The first-order valence-electron chi connectivity index (χ1n) is 9.55. The van der Waals surface area contributed by atoms with Crippen molar-refractivity contribution < 1.29 is 8.42 Å². The molecule has 4 aromatic rings. The number of anilines is 1. The van der Waals surface area contributed by atoms with Crippen molar-refractivity contribution in [2.24, 2.45) is 0 Å². The number of sulfonamides is 1.